The normalized spacial score (nSPS) is 13.4. The summed E-state index contributed by atoms with van der Waals surface area (Å²) in [6.07, 6.45) is 5.65. The molecule has 0 unspecified atom stereocenters. The molecule has 0 aromatic heterocycles. The number of urea groups is 2. The van der Waals surface area contributed by atoms with Gasteiger partial charge in [-0.15, -0.1) is 12.3 Å². The van der Waals surface area contributed by atoms with E-state index in [0.29, 0.717) is 29.2 Å². The maximum atomic E-state index is 12.8. The smallest absolute Gasteiger partial charge is 0.323 e. The summed E-state index contributed by atoms with van der Waals surface area (Å²) in [7, 11) is 0. The molecule has 218 valence electrons. The van der Waals surface area contributed by atoms with Crippen molar-refractivity contribution in [1.82, 2.24) is 16.0 Å². The van der Waals surface area contributed by atoms with Crippen LogP contribution >= 0.6 is 0 Å². The van der Waals surface area contributed by atoms with Crippen molar-refractivity contribution in [3.63, 3.8) is 0 Å². The van der Waals surface area contributed by atoms with Crippen LogP contribution < -0.4 is 37.2 Å². The zero-order chi connectivity index (χ0) is 30.0. The van der Waals surface area contributed by atoms with E-state index in [9.17, 15) is 14.4 Å². The summed E-state index contributed by atoms with van der Waals surface area (Å²) in [5.74, 6) is 3.72. The van der Waals surface area contributed by atoms with E-state index in [4.69, 9.17) is 6.42 Å². The number of rotatable bonds is 9. The molecular weight excluding hydrogens is 546 g/mol. The van der Waals surface area contributed by atoms with Crippen LogP contribution in [0.3, 0.4) is 0 Å². The molecule has 0 atom stereocenters. The first-order valence-corrected chi connectivity index (χ1v) is 13.8. The number of carbonyl (C=O) groups excluding carboxylic acids is 3. The molecule has 0 saturated heterocycles. The Kier molecular flexibility index (Phi) is 9.13. The Morgan fingerprint density at radius 1 is 0.698 bits per heavy atom. The monoisotopic (exact) mass is 577 g/mol. The van der Waals surface area contributed by atoms with Gasteiger partial charge in [-0.1, -0.05) is 0 Å². The van der Waals surface area contributed by atoms with E-state index in [0.717, 1.165) is 49.0 Å². The molecule has 0 spiro atoms. The largest absolute Gasteiger partial charge is 0.368 e. The fourth-order valence-electron chi connectivity index (χ4n) is 4.45. The lowest BCUT2D eigenvalue weighted by Crippen LogP contribution is -2.25. The molecule has 3 aromatic rings. The highest BCUT2D eigenvalue weighted by atomic mass is 16.2. The van der Waals surface area contributed by atoms with Crippen LogP contribution in [0.2, 0.25) is 0 Å². The lowest BCUT2D eigenvalue weighted by Gasteiger charge is -2.14. The minimum absolute atomic E-state index is 0.230. The zero-order valence-corrected chi connectivity index (χ0v) is 23.3. The van der Waals surface area contributed by atoms with E-state index < -0.39 is 18.0 Å². The van der Waals surface area contributed by atoms with Crippen LogP contribution in [-0.2, 0) is 0 Å². The van der Waals surface area contributed by atoms with Gasteiger partial charge in [0.2, 0.25) is 0 Å². The van der Waals surface area contributed by atoms with Gasteiger partial charge in [-0.2, -0.15) is 0 Å². The molecule has 0 saturated carbocycles. The number of nitrogens with one attached hydrogen (secondary N) is 7. The van der Waals surface area contributed by atoms with Crippen LogP contribution in [0.15, 0.2) is 76.7 Å². The van der Waals surface area contributed by atoms with Crippen molar-refractivity contribution in [2.75, 3.05) is 54.0 Å². The molecule has 2 aliphatic rings. The molecule has 0 bridgehead atoms. The van der Waals surface area contributed by atoms with Gasteiger partial charge in [0.25, 0.3) is 5.91 Å². The molecule has 43 heavy (non-hydrogen) atoms. The summed E-state index contributed by atoms with van der Waals surface area (Å²) < 4.78 is 0. The predicted octanol–water partition coefficient (Wildman–Crippen LogP) is 3.43. The molecule has 7 N–H and O–H groups in total. The molecule has 3 aromatic carbocycles. The summed E-state index contributed by atoms with van der Waals surface area (Å²) >= 11 is 0. The van der Waals surface area contributed by atoms with Crippen molar-refractivity contribution in [3.05, 3.63) is 83.4 Å². The minimum Gasteiger partial charge on any atom is -0.368 e. The number of hydrogen-bond acceptors (Lipinski definition) is 7. The average molecular weight is 578 g/mol. The highest BCUT2D eigenvalue weighted by molar-refractivity contribution is 6.06. The number of anilines is 4. The fraction of sp³-hybridized carbons (Fsp3) is 0.194. The van der Waals surface area contributed by atoms with Gasteiger partial charge >= 0.3 is 12.1 Å². The first-order chi connectivity index (χ1) is 21.0. The van der Waals surface area contributed by atoms with Gasteiger partial charge in [0, 0.05) is 65.5 Å². The molecule has 0 radical (unpaired) electrons. The molecule has 12 heteroatoms. The average Bonchev–Trinajstić information content (AvgIpc) is 3.73. The Morgan fingerprint density at radius 2 is 1.16 bits per heavy atom. The first kappa shape index (κ1) is 28.7. The van der Waals surface area contributed by atoms with Gasteiger partial charge in [0.15, 0.2) is 0 Å². The van der Waals surface area contributed by atoms with E-state index in [-0.39, 0.29) is 12.1 Å². The van der Waals surface area contributed by atoms with Crippen molar-refractivity contribution in [1.29, 1.82) is 0 Å². The predicted molar refractivity (Wildman–Crippen MR) is 169 cm³/mol. The van der Waals surface area contributed by atoms with Crippen molar-refractivity contribution in [3.8, 4) is 12.3 Å². The number of terminal acetylenes is 1. The van der Waals surface area contributed by atoms with Crippen molar-refractivity contribution in [2.24, 2.45) is 9.98 Å². The summed E-state index contributed by atoms with van der Waals surface area (Å²) in [5.41, 5.74) is 3.83. The molecule has 5 amide bonds. The number of carbonyl (C=O) groups is 3. The molecule has 0 aliphatic carbocycles. The van der Waals surface area contributed by atoms with E-state index >= 15 is 0 Å². The maximum Gasteiger partial charge on any atom is 0.323 e. The number of amidine groups is 2. The van der Waals surface area contributed by atoms with Crippen LogP contribution in [0.4, 0.5) is 32.3 Å². The quantitative estimate of drug-likeness (QED) is 0.153. The van der Waals surface area contributed by atoms with Crippen LogP contribution in [0.25, 0.3) is 0 Å². The van der Waals surface area contributed by atoms with Crippen LogP contribution in [-0.4, -0.2) is 62.4 Å². The molecule has 2 aliphatic heterocycles. The number of nitrogens with zero attached hydrogens (tertiary/aromatic N) is 2. The van der Waals surface area contributed by atoms with Crippen LogP contribution in [0.5, 0.6) is 0 Å². The second-order valence-electron chi connectivity index (χ2n) is 9.64. The van der Waals surface area contributed by atoms with Crippen LogP contribution in [0.1, 0.15) is 27.9 Å². The van der Waals surface area contributed by atoms with Gasteiger partial charge in [-0.25, -0.2) is 9.59 Å². The summed E-state index contributed by atoms with van der Waals surface area (Å²) in [4.78, 5) is 47.2. The number of amides is 5. The highest BCUT2D eigenvalue weighted by Gasteiger charge is 2.14. The van der Waals surface area contributed by atoms with Gasteiger partial charge in [0.05, 0.1) is 13.1 Å². The Hall–Kier alpha value is -5.83. The fourth-order valence-corrected chi connectivity index (χ4v) is 4.45. The third kappa shape index (κ3) is 7.89. The van der Waals surface area contributed by atoms with Gasteiger partial charge in [0.1, 0.15) is 11.7 Å². The zero-order valence-electron chi connectivity index (χ0n) is 23.3. The van der Waals surface area contributed by atoms with Gasteiger partial charge in [-0.05, 0) is 66.7 Å². The maximum absolute atomic E-state index is 12.8. The summed E-state index contributed by atoms with van der Waals surface area (Å²) in [6.45, 7) is 3.36. The van der Waals surface area contributed by atoms with E-state index in [1.54, 1.807) is 30.3 Å². The van der Waals surface area contributed by atoms with Crippen molar-refractivity contribution < 1.29 is 14.4 Å². The Labute approximate surface area is 248 Å². The third-order valence-corrected chi connectivity index (χ3v) is 6.45. The lowest BCUT2D eigenvalue weighted by atomic mass is 10.1. The second kappa shape index (κ2) is 13.7. The molecular formula is C31H31N9O3. The lowest BCUT2D eigenvalue weighted by molar-refractivity contribution is 0.0954. The summed E-state index contributed by atoms with van der Waals surface area (Å²) in [5, 5.41) is 20.2. The Bertz CT molecular complexity index is 1510. The minimum atomic E-state index is -0.522. The molecule has 5 rings (SSSR count). The standard InChI is InChI=1S/C31H31N9O3/c1-2-3-12-36-29(41)22-17-25(39-30(42)37-23-8-4-20(5-9-23)27-32-13-14-33-27)19-26(18-22)40-31(43)38-24-10-6-21(7-11-24)28-34-15-16-35-28/h1,4-11,17-19H,3,12-16H2,(H,32,33)(H,34,35)(H,36,41)(H2,37,39,42)(H2,38,40,43). The molecule has 2 heterocycles. The summed E-state index contributed by atoms with van der Waals surface area (Å²) in [6, 6.07) is 18.1. The third-order valence-electron chi connectivity index (χ3n) is 6.45. The molecule has 12 nitrogen and oxygen atoms in total. The molecule has 0 fully saturated rings. The highest BCUT2D eigenvalue weighted by Crippen LogP contribution is 2.21. The second-order valence-corrected chi connectivity index (χ2v) is 9.64. The van der Waals surface area contributed by atoms with E-state index in [2.05, 4.69) is 53.1 Å². The van der Waals surface area contributed by atoms with Crippen molar-refractivity contribution >= 4 is 52.4 Å². The van der Waals surface area contributed by atoms with E-state index in [1.165, 1.54) is 12.1 Å². The number of benzene rings is 3. The van der Waals surface area contributed by atoms with E-state index in [1.807, 2.05) is 24.3 Å². The Balaban J connectivity index is 1.25. The van der Waals surface area contributed by atoms with Crippen molar-refractivity contribution in [2.45, 2.75) is 6.42 Å². The number of hydrogen-bond donors (Lipinski definition) is 7. The SMILES string of the molecule is C#CCCNC(=O)c1cc(NC(=O)Nc2ccc(C3=NCCN3)cc2)cc(NC(=O)Nc2ccc(C3=NCCN3)cc2)c1. The van der Waals surface area contributed by atoms with Gasteiger partial charge < -0.3 is 37.2 Å². The first-order valence-electron chi connectivity index (χ1n) is 13.8. The topological polar surface area (TPSA) is 160 Å². The number of aliphatic imine (C=N–C) groups is 2. The van der Waals surface area contributed by atoms with Gasteiger partial charge in [-0.3, -0.25) is 14.8 Å². The Morgan fingerprint density at radius 3 is 1.58 bits per heavy atom. The van der Waals surface area contributed by atoms with Crippen LogP contribution in [0, 0.1) is 12.3 Å².